The third-order valence-corrected chi connectivity index (χ3v) is 2.54. The zero-order valence-corrected chi connectivity index (χ0v) is 10.1. The summed E-state index contributed by atoms with van der Waals surface area (Å²) in [5.41, 5.74) is 5.01. The molecule has 0 fully saturated rings. The molecule has 2 N–H and O–H groups in total. The molecule has 0 bridgehead atoms. The highest BCUT2D eigenvalue weighted by Crippen LogP contribution is 2.38. The number of alkyl halides is 3. The Morgan fingerprint density at radius 1 is 1.05 bits per heavy atom. The van der Waals surface area contributed by atoms with E-state index in [2.05, 4.69) is 0 Å². The third kappa shape index (κ3) is 2.83. The quantitative estimate of drug-likeness (QED) is 0.846. The van der Waals surface area contributed by atoms with Crippen LogP contribution in [0.15, 0.2) is 42.5 Å². The van der Waals surface area contributed by atoms with E-state index in [1.165, 1.54) is 36.4 Å². The number of nitrogens with two attached hydrogens (primary N) is 1. The van der Waals surface area contributed by atoms with E-state index in [0.717, 1.165) is 6.07 Å². The van der Waals surface area contributed by atoms with E-state index >= 15 is 0 Å². The van der Waals surface area contributed by atoms with Crippen molar-refractivity contribution in [1.82, 2.24) is 0 Å². The minimum atomic E-state index is -4.53. The highest BCUT2D eigenvalue weighted by molar-refractivity contribution is 5.54. The SMILES string of the molecule is N#Cc1cc(N)ccc1Oc1ccccc1C(F)(F)F. The topological polar surface area (TPSA) is 59.0 Å². The lowest BCUT2D eigenvalue weighted by Gasteiger charge is -2.14. The lowest BCUT2D eigenvalue weighted by Crippen LogP contribution is -2.07. The van der Waals surface area contributed by atoms with E-state index in [1.54, 1.807) is 0 Å². The number of hydrogen-bond acceptors (Lipinski definition) is 3. The van der Waals surface area contributed by atoms with E-state index in [0.29, 0.717) is 5.69 Å². The van der Waals surface area contributed by atoms with Crippen molar-refractivity contribution in [1.29, 1.82) is 5.26 Å². The summed E-state index contributed by atoms with van der Waals surface area (Å²) in [6.07, 6.45) is -4.53. The van der Waals surface area contributed by atoms with Gasteiger partial charge in [0.2, 0.25) is 0 Å². The average Bonchev–Trinajstić information content (AvgIpc) is 2.40. The van der Waals surface area contributed by atoms with Gasteiger partial charge in [0.15, 0.2) is 0 Å². The first kappa shape index (κ1) is 13.7. The molecule has 2 rings (SSSR count). The van der Waals surface area contributed by atoms with E-state index in [9.17, 15) is 13.2 Å². The predicted octanol–water partition coefficient (Wildman–Crippen LogP) is 3.95. The number of nitrogens with zero attached hydrogens (tertiary/aromatic N) is 1. The van der Waals surface area contributed by atoms with Crippen LogP contribution in [0.2, 0.25) is 0 Å². The van der Waals surface area contributed by atoms with Gasteiger partial charge < -0.3 is 10.5 Å². The summed E-state index contributed by atoms with van der Waals surface area (Å²) in [5, 5.41) is 8.94. The molecular weight excluding hydrogens is 269 g/mol. The predicted molar refractivity (Wildman–Crippen MR) is 67.1 cm³/mol. The van der Waals surface area contributed by atoms with Crippen LogP contribution in [0.25, 0.3) is 0 Å². The molecule has 0 unspecified atom stereocenters. The third-order valence-electron chi connectivity index (χ3n) is 2.54. The van der Waals surface area contributed by atoms with Gasteiger partial charge in [0.05, 0.1) is 11.1 Å². The number of rotatable bonds is 2. The number of hydrogen-bond donors (Lipinski definition) is 1. The van der Waals surface area contributed by atoms with E-state index < -0.39 is 11.7 Å². The number of anilines is 1. The molecule has 2 aromatic rings. The van der Waals surface area contributed by atoms with Gasteiger partial charge in [-0.3, -0.25) is 0 Å². The summed E-state index contributed by atoms with van der Waals surface area (Å²) >= 11 is 0. The summed E-state index contributed by atoms with van der Waals surface area (Å²) in [4.78, 5) is 0. The van der Waals surface area contributed by atoms with Gasteiger partial charge in [0, 0.05) is 5.69 Å². The smallest absolute Gasteiger partial charge is 0.419 e. The van der Waals surface area contributed by atoms with E-state index in [1.807, 2.05) is 6.07 Å². The van der Waals surface area contributed by atoms with Crippen LogP contribution in [0.4, 0.5) is 18.9 Å². The second-order valence-corrected chi connectivity index (χ2v) is 3.96. The normalized spacial score (nSPS) is 10.9. The fraction of sp³-hybridized carbons (Fsp3) is 0.0714. The Labute approximate surface area is 113 Å². The first-order valence-electron chi connectivity index (χ1n) is 5.55. The van der Waals surface area contributed by atoms with Crippen molar-refractivity contribution in [3.63, 3.8) is 0 Å². The minimum absolute atomic E-state index is 0.0263. The fourth-order valence-corrected chi connectivity index (χ4v) is 1.63. The molecule has 0 spiro atoms. The molecule has 0 atom stereocenters. The van der Waals surface area contributed by atoms with Gasteiger partial charge in [0.1, 0.15) is 17.6 Å². The highest BCUT2D eigenvalue weighted by atomic mass is 19.4. The molecule has 0 heterocycles. The first-order chi connectivity index (χ1) is 9.41. The van der Waals surface area contributed by atoms with Crippen molar-refractivity contribution in [2.75, 3.05) is 5.73 Å². The van der Waals surface area contributed by atoms with Crippen molar-refractivity contribution in [3.8, 4) is 17.6 Å². The lowest BCUT2D eigenvalue weighted by atomic mass is 10.1. The second-order valence-electron chi connectivity index (χ2n) is 3.96. The van der Waals surface area contributed by atoms with Gasteiger partial charge in [0.25, 0.3) is 0 Å². The zero-order chi connectivity index (χ0) is 14.8. The molecule has 102 valence electrons. The standard InChI is InChI=1S/C14H9F3N2O/c15-14(16,17)11-3-1-2-4-13(11)20-12-6-5-10(19)7-9(12)8-18/h1-7H,19H2. The maximum absolute atomic E-state index is 12.8. The Morgan fingerprint density at radius 3 is 2.40 bits per heavy atom. The van der Waals surface area contributed by atoms with Gasteiger partial charge in [-0.2, -0.15) is 18.4 Å². The number of ether oxygens (including phenoxy) is 1. The number of nitriles is 1. The van der Waals surface area contributed by atoms with Crippen LogP contribution in [0.5, 0.6) is 11.5 Å². The highest BCUT2D eigenvalue weighted by Gasteiger charge is 2.34. The van der Waals surface area contributed by atoms with E-state index in [4.69, 9.17) is 15.7 Å². The molecule has 0 saturated carbocycles. The van der Waals surface area contributed by atoms with Crippen LogP contribution in [0.1, 0.15) is 11.1 Å². The van der Waals surface area contributed by atoms with Gasteiger partial charge in [-0.15, -0.1) is 0 Å². The summed E-state index contributed by atoms with van der Waals surface area (Å²) < 4.78 is 43.7. The second kappa shape index (κ2) is 5.13. The first-order valence-corrected chi connectivity index (χ1v) is 5.55. The van der Waals surface area contributed by atoms with Crippen molar-refractivity contribution in [2.24, 2.45) is 0 Å². The lowest BCUT2D eigenvalue weighted by molar-refractivity contribution is -0.138. The van der Waals surface area contributed by atoms with Gasteiger partial charge in [-0.1, -0.05) is 12.1 Å². The number of nitrogen functional groups attached to an aromatic ring is 1. The van der Waals surface area contributed by atoms with Crippen LogP contribution in [0.3, 0.4) is 0 Å². The molecule has 20 heavy (non-hydrogen) atoms. The van der Waals surface area contributed by atoms with Crippen LogP contribution in [-0.2, 0) is 6.18 Å². The molecular formula is C14H9F3N2O. The minimum Gasteiger partial charge on any atom is -0.455 e. The Bertz CT molecular complexity index is 675. The Balaban J connectivity index is 2.44. The van der Waals surface area contributed by atoms with E-state index in [-0.39, 0.29) is 17.1 Å². The van der Waals surface area contributed by atoms with Crippen molar-refractivity contribution >= 4 is 5.69 Å². The maximum Gasteiger partial charge on any atom is 0.419 e. The van der Waals surface area contributed by atoms with Crippen LogP contribution in [-0.4, -0.2) is 0 Å². The molecule has 0 aromatic heterocycles. The molecule has 3 nitrogen and oxygen atoms in total. The zero-order valence-electron chi connectivity index (χ0n) is 10.1. The monoisotopic (exact) mass is 278 g/mol. The molecule has 0 aliphatic carbocycles. The molecule has 0 aliphatic heterocycles. The number of halogens is 3. The summed E-state index contributed by atoms with van der Waals surface area (Å²) in [6.45, 7) is 0. The van der Waals surface area contributed by atoms with Crippen LogP contribution >= 0.6 is 0 Å². The summed E-state index contributed by atoms with van der Waals surface area (Å²) in [7, 11) is 0. The fourth-order valence-electron chi connectivity index (χ4n) is 1.63. The van der Waals surface area contributed by atoms with Crippen molar-refractivity contribution in [3.05, 3.63) is 53.6 Å². The molecule has 0 aliphatic rings. The Hall–Kier alpha value is -2.68. The average molecular weight is 278 g/mol. The van der Waals surface area contributed by atoms with Crippen LogP contribution in [0, 0.1) is 11.3 Å². The molecule has 2 aromatic carbocycles. The summed E-state index contributed by atoms with van der Waals surface area (Å²) in [6, 6.07) is 10.8. The van der Waals surface area contributed by atoms with Crippen molar-refractivity contribution < 1.29 is 17.9 Å². The molecule has 0 amide bonds. The molecule has 0 radical (unpaired) electrons. The van der Waals surface area contributed by atoms with Gasteiger partial charge in [-0.05, 0) is 30.3 Å². The van der Waals surface area contributed by atoms with Crippen molar-refractivity contribution in [2.45, 2.75) is 6.18 Å². The molecule has 0 saturated heterocycles. The van der Waals surface area contributed by atoms with Gasteiger partial charge >= 0.3 is 6.18 Å². The Kier molecular flexibility index (Phi) is 3.53. The summed E-state index contributed by atoms with van der Waals surface area (Å²) in [5.74, 6) is -0.334. The Morgan fingerprint density at radius 2 is 1.75 bits per heavy atom. The number of para-hydroxylation sites is 1. The van der Waals surface area contributed by atoms with Gasteiger partial charge in [-0.25, -0.2) is 0 Å². The number of benzene rings is 2. The molecule has 6 heteroatoms. The largest absolute Gasteiger partial charge is 0.455 e. The van der Waals surface area contributed by atoms with Crippen LogP contribution < -0.4 is 10.5 Å². The maximum atomic E-state index is 12.8.